The van der Waals surface area contributed by atoms with Crippen LogP contribution in [0, 0.1) is 0 Å². The summed E-state index contributed by atoms with van der Waals surface area (Å²) in [4.78, 5) is 10.6. The number of hydrogen-bond acceptors (Lipinski definition) is 3. The Bertz CT molecular complexity index is 290. The van der Waals surface area contributed by atoms with Crippen LogP contribution in [-0.2, 0) is 4.79 Å². The van der Waals surface area contributed by atoms with Crippen molar-refractivity contribution < 1.29 is 9.90 Å². The molecule has 0 atom stereocenters. The van der Waals surface area contributed by atoms with Crippen molar-refractivity contribution in [3.63, 3.8) is 0 Å². The predicted molar refractivity (Wildman–Crippen MR) is 48.0 cm³/mol. The standard InChI is InChI=1S/C8H9NO2S/c1-2-7(8(10)11)3-6-4-9-12-5-6/h3-5H,2H2,1H3,(H,10,11)/b7-3+. The fraction of sp³-hybridized carbons (Fsp3) is 0.250. The first-order valence-corrected chi connectivity index (χ1v) is 4.41. The van der Waals surface area contributed by atoms with Gasteiger partial charge in [0, 0.05) is 22.7 Å². The van der Waals surface area contributed by atoms with Crippen LogP contribution in [0.15, 0.2) is 17.2 Å². The minimum absolute atomic E-state index is 0.412. The molecule has 12 heavy (non-hydrogen) atoms. The highest BCUT2D eigenvalue weighted by atomic mass is 32.1. The zero-order valence-electron chi connectivity index (χ0n) is 6.65. The van der Waals surface area contributed by atoms with Gasteiger partial charge in [-0.2, -0.15) is 0 Å². The summed E-state index contributed by atoms with van der Waals surface area (Å²) in [5.41, 5.74) is 1.27. The lowest BCUT2D eigenvalue weighted by atomic mass is 10.1. The second kappa shape index (κ2) is 4.01. The molecule has 1 N–H and O–H groups in total. The third-order valence-electron chi connectivity index (χ3n) is 1.45. The molecule has 0 spiro atoms. The van der Waals surface area contributed by atoms with Crippen molar-refractivity contribution in [3.05, 3.63) is 22.7 Å². The first-order chi connectivity index (χ1) is 5.74. The van der Waals surface area contributed by atoms with E-state index in [0.29, 0.717) is 12.0 Å². The molecule has 0 radical (unpaired) electrons. The zero-order chi connectivity index (χ0) is 8.97. The van der Waals surface area contributed by atoms with Crippen molar-refractivity contribution in [2.24, 2.45) is 0 Å². The van der Waals surface area contributed by atoms with E-state index < -0.39 is 5.97 Å². The van der Waals surface area contributed by atoms with Crippen molar-refractivity contribution in [3.8, 4) is 0 Å². The lowest BCUT2D eigenvalue weighted by molar-refractivity contribution is -0.132. The van der Waals surface area contributed by atoms with E-state index in [9.17, 15) is 4.79 Å². The molecule has 0 unspecified atom stereocenters. The Morgan fingerprint density at radius 3 is 3.00 bits per heavy atom. The van der Waals surface area contributed by atoms with Crippen LogP contribution in [0.25, 0.3) is 6.08 Å². The Balaban J connectivity index is 2.85. The third-order valence-corrected chi connectivity index (χ3v) is 2.05. The normalized spacial score (nSPS) is 11.6. The lowest BCUT2D eigenvalue weighted by Gasteiger charge is -1.94. The molecule has 1 rings (SSSR count). The third kappa shape index (κ3) is 2.17. The molecule has 1 aromatic heterocycles. The summed E-state index contributed by atoms with van der Waals surface area (Å²) in [5.74, 6) is -0.858. The van der Waals surface area contributed by atoms with Crippen LogP contribution in [0.2, 0.25) is 0 Å². The first-order valence-electron chi connectivity index (χ1n) is 3.57. The molecule has 0 bridgehead atoms. The van der Waals surface area contributed by atoms with Crippen LogP contribution in [-0.4, -0.2) is 15.4 Å². The average molecular weight is 183 g/mol. The molecule has 0 saturated carbocycles. The summed E-state index contributed by atoms with van der Waals surface area (Å²) in [6.07, 6.45) is 3.83. The van der Waals surface area contributed by atoms with E-state index in [-0.39, 0.29) is 0 Å². The summed E-state index contributed by atoms with van der Waals surface area (Å²) in [5, 5.41) is 10.5. The summed E-state index contributed by atoms with van der Waals surface area (Å²) in [7, 11) is 0. The molecule has 0 amide bonds. The molecule has 4 heteroatoms. The van der Waals surface area contributed by atoms with Gasteiger partial charge in [0.05, 0.1) is 0 Å². The van der Waals surface area contributed by atoms with Gasteiger partial charge in [0.15, 0.2) is 0 Å². The minimum Gasteiger partial charge on any atom is -0.478 e. The van der Waals surface area contributed by atoms with Crippen LogP contribution in [0.1, 0.15) is 18.9 Å². The smallest absolute Gasteiger partial charge is 0.331 e. The SMILES string of the molecule is CC/C(=C\c1cnsc1)C(=O)O. The van der Waals surface area contributed by atoms with Crippen LogP contribution >= 0.6 is 11.5 Å². The fourth-order valence-electron chi connectivity index (χ4n) is 0.801. The second-order valence-corrected chi connectivity index (χ2v) is 2.94. The highest BCUT2D eigenvalue weighted by Crippen LogP contribution is 2.10. The fourth-order valence-corrected chi connectivity index (χ4v) is 1.29. The number of carboxylic acid groups (broad SMARTS) is 1. The summed E-state index contributed by atoms with van der Waals surface area (Å²) < 4.78 is 3.87. The number of aliphatic carboxylic acids is 1. The maximum atomic E-state index is 10.6. The monoisotopic (exact) mass is 183 g/mol. The number of carboxylic acids is 1. The Labute approximate surface area is 74.5 Å². The molecule has 0 saturated heterocycles. The van der Waals surface area contributed by atoms with Crippen molar-refractivity contribution in [1.29, 1.82) is 0 Å². The number of hydrogen-bond donors (Lipinski definition) is 1. The molecular weight excluding hydrogens is 174 g/mol. The van der Waals surface area contributed by atoms with Crippen LogP contribution in [0.4, 0.5) is 0 Å². The van der Waals surface area contributed by atoms with Gasteiger partial charge in [-0.1, -0.05) is 6.92 Å². The Kier molecular flexibility index (Phi) is 2.99. The maximum absolute atomic E-state index is 10.6. The molecule has 0 aliphatic rings. The zero-order valence-corrected chi connectivity index (χ0v) is 7.47. The molecule has 0 aliphatic heterocycles. The van der Waals surface area contributed by atoms with E-state index in [1.54, 1.807) is 12.3 Å². The van der Waals surface area contributed by atoms with Gasteiger partial charge in [-0.3, -0.25) is 0 Å². The van der Waals surface area contributed by atoms with Crippen molar-refractivity contribution in [2.45, 2.75) is 13.3 Å². The van der Waals surface area contributed by atoms with E-state index in [2.05, 4.69) is 4.37 Å². The Morgan fingerprint density at radius 1 is 1.83 bits per heavy atom. The highest BCUT2D eigenvalue weighted by Gasteiger charge is 2.03. The molecule has 0 aliphatic carbocycles. The van der Waals surface area contributed by atoms with Crippen molar-refractivity contribution in [2.75, 3.05) is 0 Å². The van der Waals surface area contributed by atoms with E-state index in [1.807, 2.05) is 12.3 Å². The Hall–Kier alpha value is -1.16. The van der Waals surface area contributed by atoms with E-state index in [0.717, 1.165) is 5.56 Å². The van der Waals surface area contributed by atoms with Gasteiger partial charge in [-0.15, -0.1) is 0 Å². The lowest BCUT2D eigenvalue weighted by Crippen LogP contribution is -1.98. The van der Waals surface area contributed by atoms with Crippen molar-refractivity contribution >= 4 is 23.6 Å². The van der Waals surface area contributed by atoms with Crippen molar-refractivity contribution in [1.82, 2.24) is 4.37 Å². The van der Waals surface area contributed by atoms with Gasteiger partial charge in [0.1, 0.15) is 0 Å². The number of rotatable bonds is 3. The highest BCUT2D eigenvalue weighted by molar-refractivity contribution is 7.03. The molecule has 1 heterocycles. The maximum Gasteiger partial charge on any atom is 0.331 e. The number of aromatic nitrogens is 1. The number of nitrogens with zero attached hydrogens (tertiary/aromatic N) is 1. The van der Waals surface area contributed by atoms with E-state index in [4.69, 9.17) is 5.11 Å². The molecule has 0 aromatic carbocycles. The molecule has 0 fully saturated rings. The van der Waals surface area contributed by atoms with E-state index in [1.165, 1.54) is 11.5 Å². The predicted octanol–water partition coefficient (Wildman–Crippen LogP) is 2.02. The summed E-state index contributed by atoms with van der Waals surface area (Å²) in [6.45, 7) is 1.82. The average Bonchev–Trinajstić information content (AvgIpc) is 2.51. The van der Waals surface area contributed by atoms with Gasteiger partial charge in [0.2, 0.25) is 0 Å². The molecule has 64 valence electrons. The minimum atomic E-state index is -0.858. The van der Waals surface area contributed by atoms with Gasteiger partial charge < -0.3 is 5.11 Å². The Morgan fingerprint density at radius 2 is 2.58 bits per heavy atom. The second-order valence-electron chi connectivity index (χ2n) is 2.29. The van der Waals surface area contributed by atoms with Gasteiger partial charge in [-0.25, -0.2) is 9.17 Å². The molecule has 1 aromatic rings. The quantitative estimate of drug-likeness (QED) is 0.729. The van der Waals surface area contributed by atoms with E-state index >= 15 is 0 Å². The molecular formula is C8H9NO2S. The largest absolute Gasteiger partial charge is 0.478 e. The first kappa shape index (κ1) is 8.93. The van der Waals surface area contributed by atoms with Gasteiger partial charge in [-0.05, 0) is 24.0 Å². The van der Waals surface area contributed by atoms with Crippen LogP contribution < -0.4 is 0 Å². The van der Waals surface area contributed by atoms with Gasteiger partial charge >= 0.3 is 5.97 Å². The van der Waals surface area contributed by atoms with Crippen LogP contribution in [0.5, 0.6) is 0 Å². The van der Waals surface area contributed by atoms with Crippen LogP contribution in [0.3, 0.4) is 0 Å². The van der Waals surface area contributed by atoms with Gasteiger partial charge in [0.25, 0.3) is 0 Å². The summed E-state index contributed by atoms with van der Waals surface area (Å²) >= 11 is 1.32. The molecule has 3 nitrogen and oxygen atoms in total. The topological polar surface area (TPSA) is 50.2 Å². The number of carbonyl (C=O) groups is 1. The summed E-state index contributed by atoms with van der Waals surface area (Å²) in [6, 6.07) is 0.